The van der Waals surface area contributed by atoms with Crippen molar-refractivity contribution in [3.05, 3.63) is 35.9 Å². The van der Waals surface area contributed by atoms with E-state index in [9.17, 15) is 9.59 Å². The molecule has 1 aromatic carbocycles. The number of aliphatic carboxylic acids is 1. The minimum atomic E-state index is -0.847. The van der Waals surface area contributed by atoms with Crippen molar-refractivity contribution < 1.29 is 14.7 Å². The Morgan fingerprint density at radius 2 is 1.91 bits per heavy atom. The van der Waals surface area contributed by atoms with Crippen molar-refractivity contribution in [2.45, 2.75) is 52.0 Å². The van der Waals surface area contributed by atoms with Crippen molar-refractivity contribution in [3.8, 4) is 0 Å². The van der Waals surface area contributed by atoms with Gasteiger partial charge in [0.1, 0.15) is 0 Å². The van der Waals surface area contributed by atoms with Gasteiger partial charge in [0.25, 0.3) is 0 Å². The van der Waals surface area contributed by atoms with E-state index in [1.54, 1.807) is 0 Å². The van der Waals surface area contributed by atoms with E-state index < -0.39 is 11.4 Å². The van der Waals surface area contributed by atoms with Gasteiger partial charge >= 0.3 is 5.97 Å². The van der Waals surface area contributed by atoms with E-state index in [-0.39, 0.29) is 18.4 Å². The summed E-state index contributed by atoms with van der Waals surface area (Å²) in [6.07, 6.45) is 3.26. The van der Waals surface area contributed by atoms with Crippen LogP contribution in [0.15, 0.2) is 30.3 Å². The molecule has 0 aromatic heterocycles. The van der Waals surface area contributed by atoms with Crippen LogP contribution in [-0.2, 0) is 16.0 Å². The Kier molecular flexibility index (Phi) is 5.22. The number of carbonyl (C=O) groups is 2. The Hall–Kier alpha value is -1.84. The Morgan fingerprint density at radius 1 is 1.23 bits per heavy atom. The molecule has 1 heterocycles. The third kappa shape index (κ3) is 4.58. The van der Waals surface area contributed by atoms with E-state index in [0.29, 0.717) is 6.42 Å². The van der Waals surface area contributed by atoms with Crippen LogP contribution in [0.1, 0.15) is 45.1 Å². The predicted octanol–water partition coefficient (Wildman–Crippen LogP) is 3.11. The number of carbonyl (C=O) groups excluding carboxylic acids is 1. The molecule has 0 saturated carbocycles. The van der Waals surface area contributed by atoms with Crippen molar-refractivity contribution in [1.82, 2.24) is 4.90 Å². The quantitative estimate of drug-likeness (QED) is 0.878. The monoisotopic (exact) mass is 303 g/mol. The molecule has 22 heavy (non-hydrogen) atoms. The molecule has 2 rings (SSSR count). The van der Waals surface area contributed by atoms with E-state index in [0.717, 1.165) is 25.8 Å². The minimum Gasteiger partial charge on any atom is -0.481 e. The average Bonchev–Trinajstić information content (AvgIpc) is 2.86. The highest BCUT2D eigenvalue weighted by Gasteiger charge is 2.33. The van der Waals surface area contributed by atoms with Gasteiger partial charge in [-0.2, -0.15) is 0 Å². The zero-order valence-corrected chi connectivity index (χ0v) is 13.4. The highest BCUT2D eigenvalue weighted by molar-refractivity contribution is 5.78. The van der Waals surface area contributed by atoms with E-state index >= 15 is 0 Å². The molecule has 1 saturated heterocycles. The highest BCUT2D eigenvalue weighted by Crippen LogP contribution is 2.29. The second-order valence-corrected chi connectivity index (χ2v) is 6.98. The molecule has 1 amide bonds. The summed E-state index contributed by atoms with van der Waals surface area (Å²) in [4.78, 5) is 25.4. The maximum Gasteiger partial charge on any atom is 0.303 e. The summed E-state index contributed by atoms with van der Waals surface area (Å²) in [7, 11) is 0. The minimum absolute atomic E-state index is 0.0237. The fourth-order valence-electron chi connectivity index (χ4n) is 3.25. The maximum atomic E-state index is 12.6. The lowest BCUT2D eigenvalue weighted by Gasteiger charge is -2.29. The van der Waals surface area contributed by atoms with Crippen LogP contribution in [0.2, 0.25) is 0 Å². The molecule has 1 N–H and O–H groups in total. The van der Waals surface area contributed by atoms with Crippen molar-refractivity contribution in [2.24, 2.45) is 5.41 Å². The van der Waals surface area contributed by atoms with Crippen molar-refractivity contribution in [1.29, 1.82) is 0 Å². The number of carboxylic acids is 1. The van der Waals surface area contributed by atoms with Crippen LogP contribution in [0.3, 0.4) is 0 Å². The molecule has 120 valence electrons. The van der Waals surface area contributed by atoms with Crippen LogP contribution >= 0.6 is 0 Å². The first kappa shape index (κ1) is 16.5. The summed E-state index contributed by atoms with van der Waals surface area (Å²) in [5.74, 6) is -0.760. The van der Waals surface area contributed by atoms with Gasteiger partial charge in [-0.25, -0.2) is 0 Å². The van der Waals surface area contributed by atoms with Gasteiger partial charge < -0.3 is 10.0 Å². The predicted molar refractivity (Wildman–Crippen MR) is 85.5 cm³/mol. The van der Waals surface area contributed by atoms with Gasteiger partial charge in [0.15, 0.2) is 0 Å². The summed E-state index contributed by atoms with van der Waals surface area (Å²) < 4.78 is 0. The fourth-order valence-corrected chi connectivity index (χ4v) is 3.25. The van der Waals surface area contributed by atoms with Crippen molar-refractivity contribution in [3.63, 3.8) is 0 Å². The highest BCUT2D eigenvalue weighted by atomic mass is 16.4. The van der Waals surface area contributed by atoms with Crippen molar-refractivity contribution >= 4 is 11.9 Å². The number of amides is 1. The largest absolute Gasteiger partial charge is 0.481 e. The van der Waals surface area contributed by atoms with Crippen molar-refractivity contribution in [2.75, 3.05) is 6.54 Å². The number of hydrogen-bond donors (Lipinski definition) is 1. The van der Waals surface area contributed by atoms with E-state index in [1.807, 2.05) is 36.9 Å². The first-order valence-corrected chi connectivity index (χ1v) is 7.92. The molecule has 0 bridgehead atoms. The third-order valence-electron chi connectivity index (χ3n) is 4.27. The van der Waals surface area contributed by atoms with Crippen LogP contribution in [0, 0.1) is 5.41 Å². The summed E-state index contributed by atoms with van der Waals surface area (Å²) in [5.41, 5.74) is 0.750. The van der Waals surface area contributed by atoms with Crippen LogP contribution in [0.5, 0.6) is 0 Å². The standard InChI is InChI=1S/C18H25NO3/c1-18(2,13-17(21)22)12-16(20)19-10-6-9-15(19)11-14-7-4-3-5-8-14/h3-5,7-8,15H,6,9-13H2,1-2H3,(H,21,22)/t15-/m1/s1. The first-order valence-electron chi connectivity index (χ1n) is 7.92. The molecular weight excluding hydrogens is 278 g/mol. The summed E-state index contributed by atoms with van der Waals surface area (Å²) in [6, 6.07) is 10.5. The lowest BCUT2D eigenvalue weighted by molar-refractivity contribution is -0.140. The Labute approximate surface area is 132 Å². The van der Waals surface area contributed by atoms with Crippen LogP contribution < -0.4 is 0 Å². The smallest absolute Gasteiger partial charge is 0.303 e. The summed E-state index contributed by atoms with van der Waals surface area (Å²) in [5, 5.41) is 8.95. The van der Waals surface area contributed by atoms with Gasteiger partial charge in [-0.1, -0.05) is 44.2 Å². The van der Waals surface area contributed by atoms with Gasteiger partial charge in [0.2, 0.25) is 5.91 Å². The number of hydrogen-bond acceptors (Lipinski definition) is 2. The maximum absolute atomic E-state index is 12.6. The SMILES string of the molecule is CC(C)(CC(=O)O)CC(=O)N1CCC[C@@H]1Cc1ccccc1. The molecular formula is C18H25NO3. The summed E-state index contributed by atoms with van der Waals surface area (Å²) in [6.45, 7) is 4.49. The number of carboxylic acid groups (broad SMARTS) is 1. The second kappa shape index (κ2) is 6.95. The first-order chi connectivity index (χ1) is 10.4. The molecule has 0 spiro atoms. The molecule has 1 fully saturated rings. The van der Waals surface area contributed by atoms with Crippen LogP contribution in [-0.4, -0.2) is 34.5 Å². The van der Waals surface area contributed by atoms with Gasteiger partial charge in [0.05, 0.1) is 6.42 Å². The molecule has 1 aliphatic rings. The average molecular weight is 303 g/mol. The van der Waals surface area contributed by atoms with Gasteiger partial charge in [-0.3, -0.25) is 9.59 Å². The molecule has 0 aliphatic carbocycles. The van der Waals surface area contributed by atoms with E-state index in [4.69, 9.17) is 5.11 Å². The molecule has 4 nitrogen and oxygen atoms in total. The topological polar surface area (TPSA) is 57.6 Å². The molecule has 1 aromatic rings. The normalized spacial score (nSPS) is 18.5. The lowest BCUT2D eigenvalue weighted by Crippen LogP contribution is -2.39. The molecule has 1 aliphatic heterocycles. The Bertz CT molecular complexity index is 524. The molecule has 1 atom stereocenters. The van der Waals surface area contributed by atoms with Gasteiger partial charge in [0, 0.05) is 19.0 Å². The van der Waals surface area contributed by atoms with Crippen LogP contribution in [0.4, 0.5) is 0 Å². The molecule has 4 heteroatoms. The fraction of sp³-hybridized carbons (Fsp3) is 0.556. The van der Waals surface area contributed by atoms with E-state index in [2.05, 4.69) is 12.1 Å². The van der Waals surface area contributed by atoms with Gasteiger partial charge in [-0.15, -0.1) is 0 Å². The lowest BCUT2D eigenvalue weighted by atomic mass is 9.85. The number of rotatable bonds is 6. The third-order valence-corrected chi connectivity index (χ3v) is 4.27. The van der Waals surface area contributed by atoms with Crippen LogP contribution in [0.25, 0.3) is 0 Å². The number of likely N-dealkylation sites (tertiary alicyclic amines) is 1. The van der Waals surface area contributed by atoms with E-state index in [1.165, 1.54) is 5.56 Å². The number of nitrogens with zero attached hydrogens (tertiary/aromatic N) is 1. The Balaban J connectivity index is 1.98. The zero-order valence-electron chi connectivity index (χ0n) is 13.4. The number of benzene rings is 1. The Morgan fingerprint density at radius 3 is 2.55 bits per heavy atom. The zero-order chi connectivity index (χ0) is 16.2. The van der Waals surface area contributed by atoms with Gasteiger partial charge in [-0.05, 0) is 30.2 Å². The molecule has 0 radical (unpaired) electrons. The molecule has 0 unspecified atom stereocenters. The second-order valence-electron chi connectivity index (χ2n) is 6.98. The summed E-state index contributed by atoms with van der Waals surface area (Å²) >= 11 is 0.